The molecule has 0 atom stereocenters. The second-order valence-corrected chi connectivity index (χ2v) is 4.73. The number of hydrogen-bond donors (Lipinski definition) is 2. The average Bonchev–Trinajstić information content (AvgIpc) is 2.34. The molecule has 0 aliphatic rings. The van der Waals surface area contributed by atoms with E-state index in [1.807, 2.05) is 30.3 Å². The van der Waals surface area contributed by atoms with E-state index >= 15 is 0 Å². The number of para-hydroxylation sites is 1. The highest BCUT2D eigenvalue weighted by atomic mass is 16.3. The van der Waals surface area contributed by atoms with Gasteiger partial charge >= 0.3 is 0 Å². The molecule has 0 fully saturated rings. The number of nitrogens with one attached hydrogen (secondary N) is 1. The van der Waals surface area contributed by atoms with Gasteiger partial charge in [-0.25, -0.2) is 0 Å². The summed E-state index contributed by atoms with van der Waals surface area (Å²) < 4.78 is 0. The standard InChI is InChI=1S/C14H16N2O2/c1-14(2,18)13(17)16-9-11-6-3-5-10-7-4-8-15-12(10)11/h3-8,18H,9H2,1-2H3,(H,16,17). The van der Waals surface area contributed by atoms with Crippen molar-refractivity contribution in [3.8, 4) is 0 Å². The zero-order valence-corrected chi connectivity index (χ0v) is 10.5. The highest BCUT2D eigenvalue weighted by molar-refractivity contribution is 5.85. The molecular formula is C14H16N2O2. The van der Waals surface area contributed by atoms with Gasteiger partial charge in [-0.15, -0.1) is 0 Å². The molecule has 94 valence electrons. The fourth-order valence-corrected chi connectivity index (χ4v) is 1.70. The number of aromatic nitrogens is 1. The summed E-state index contributed by atoms with van der Waals surface area (Å²) in [5, 5.41) is 13.3. The third kappa shape index (κ3) is 2.65. The van der Waals surface area contributed by atoms with Crippen molar-refractivity contribution in [2.75, 3.05) is 0 Å². The number of carbonyl (C=O) groups is 1. The van der Waals surface area contributed by atoms with Crippen LogP contribution in [-0.2, 0) is 11.3 Å². The van der Waals surface area contributed by atoms with Gasteiger partial charge in [0.05, 0.1) is 5.52 Å². The molecule has 0 aliphatic carbocycles. The van der Waals surface area contributed by atoms with E-state index < -0.39 is 11.5 Å². The van der Waals surface area contributed by atoms with Crippen LogP contribution in [-0.4, -0.2) is 21.6 Å². The lowest BCUT2D eigenvalue weighted by molar-refractivity contribution is -0.136. The number of hydrogen-bond acceptors (Lipinski definition) is 3. The molecule has 0 saturated heterocycles. The molecular weight excluding hydrogens is 228 g/mol. The van der Waals surface area contributed by atoms with Gasteiger partial charge in [-0.05, 0) is 25.5 Å². The van der Waals surface area contributed by atoms with Gasteiger partial charge in [0.2, 0.25) is 0 Å². The monoisotopic (exact) mass is 244 g/mol. The molecule has 2 N–H and O–H groups in total. The summed E-state index contributed by atoms with van der Waals surface area (Å²) in [6.07, 6.45) is 1.73. The molecule has 1 aromatic heterocycles. The highest BCUT2D eigenvalue weighted by Gasteiger charge is 2.23. The third-order valence-corrected chi connectivity index (χ3v) is 2.71. The Balaban J connectivity index is 2.20. The molecule has 1 heterocycles. The SMILES string of the molecule is CC(C)(O)C(=O)NCc1cccc2cccnc12. The zero-order valence-electron chi connectivity index (χ0n) is 10.5. The topological polar surface area (TPSA) is 62.2 Å². The number of aliphatic hydroxyl groups is 1. The van der Waals surface area contributed by atoms with Crippen LogP contribution < -0.4 is 5.32 Å². The molecule has 4 heteroatoms. The predicted octanol–water partition coefficient (Wildman–Crippen LogP) is 1.62. The Morgan fingerprint density at radius 2 is 2.06 bits per heavy atom. The lowest BCUT2D eigenvalue weighted by atomic mass is 10.1. The summed E-state index contributed by atoms with van der Waals surface area (Å²) in [5.74, 6) is -0.393. The highest BCUT2D eigenvalue weighted by Crippen LogP contribution is 2.15. The summed E-state index contributed by atoms with van der Waals surface area (Å²) in [5.41, 5.74) is 0.444. The largest absolute Gasteiger partial charge is 0.381 e. The van der Waals surface area contributed by atoms with Crippen LogP contribution in [0.2, 0.25) is 0 Å². The quantitative estimate of drug-likeness (QED) is 0.862. The van der Waals surface area contributed by atoms with Crippen LogP contribution in [0.4, 0.5) is 0 Å². The van der Waals surface area contributed by atoms with Crippen LogP contribution >= 0.6 is 0 Å². The van der Waals surface area contributed by atoms with Crippen LogP contribution in [0.15, 0.2) is 36.5 Å². The second kappa shape index (κ2) is 4.74. The summed E-state index contributed by atoms with van der Waals surface area (Å²) >= 11 is 0. The van der Waals surface area contributed by atoms with E-state index in [1.165, 1.54) is 13.8 Å². The van der Waals surface area contributed by atoms with Gasteiger partial charge in [0.25, 0.3) is 5.91 Å². The number of amides is 1. The van der Waals surface area contributed by atoms with E-state index in [1.54, 1.807) is 6.20 Å². The van der Waals surface area contributed by atoms with Crippen molar-refractivity contribution < 1.29 is 9.90 Å². The number of nitrogens with zero attached hydrogens (tertiary/aromatic N) is 1. The van der Waals surface area contributed by atoms with Gasteiger partial charge in [-0.3, -0.25) is 9.78 Å². The third-order valence-electron chi connectivity index (χ3n) is 2.71. The van der Waals surface area contributed by atoms with Crippen molar-refractivity contribution in [3.05, 3.63) is 42.1 Å². The van der Waals surface area contributed by atoms with Crippen molar-refractivity contribution in [1.29, 1.82) is 0 Å². The van der Waals surface area contributed by atoms with Crippen molar-refractivity contribution >= 4 is 16.8 Å². The molecule has 0 bridgehead atoms. The first-order valence-corrected chi connectivity index (χ1v) is 5.82. The van der Waals surface area contributed by atoms with Gasteiger partial charge in [-0.2, -0.15) is 0 Å². The van der Waals surface area contributed by atoms with Crippen molar-refractivity contribution in [1.82, 2.24) is 10.3 Å². The lowest BCUT2D eigenvalue weighted by Gasteiger charge is -2.16. The van der Waals surface area contributed by atoms with Gasteiger partial charge in [-0.1, -0.05) is 24.3 Å². The molecule has 0 aliphatic heterocycles. The van der Waals surface area contributed by atoms with Gasteiger partial charge in [0, 0.05) is 18.1 Å². The maximum absolute atomic E-state index is 11.6. The Kier molecular flexibility index (Phi) is 3.30. The van der Waals surface area contributed by atoms with E-state index in [0.717, 1.165) is 16.5 Å². The maximum atomic E-state index is 11.6. The average molecular weight is 244 g/mol. The minimum atomic E-state index is -1.36. The first-order valence-electron chi connectivity index (χ1n) is 5.82. The molecule has 0 spiro atoms. The molecule has 1 amide bonds. The molecule has 2 aromatic rings. The molecule has 1 aromatic carbocycles. The number of pyridine rings is 1. The fraction of sp³-hybridized carbons (Fsp3) is 0.286. The Hall–Kier alpha value is -1.94. The van der Waals surface area contributed by atoms with E-state index in [4.69, 9.17) is 0 Å². The zero-order chi connectivity index (χ0) is 13.2. The Morgan fingerprint density at radius 3 is 2.78 bits per heavy atom. The van der Waals surface area contributed by atoms with E-state index in [2.05, 4.69) is 10.3 Å². The number of carbonyl (C=O) groups excluding carboxylic acids is 1. The first kappa shape index (κ1) is 12.5. The minimum absolute atomic E-state index is 0.358. The summed E-state index contributed by atoms with van der Waals surface area (Å²) in [6, 6.07) is 9.67. The molecule has 0 unspecified atom stereocenters. The van der Waals surface area contributed by atoms with Crippen LogP contribution in [0.1, 0.15) is 19.4 Å². The molecule has 0 saturated carbocycles. The predicted molar refractivity (Wildman–Crippen MR) is 69.9 cm³/mol. The smallest absolute Gasteiger partial charge is 0.251 e. The summed E-state index contributed by atoms with van der Waals surface area (Å²) in [6.45, 7) is 3.28. The molecule has 18 heavy (non-hydrogen) atoms. The van der Waals surface area contributed by atoms with Crippen molar-refractivity contribution in [3.63, 3.8) is 0 Å². The Bertz CT molecular complexity index is 568. The van der Waals surface area contributed by atoms with Crippen molar-refractivity contribution in [2.45, 2.75) is 26.0 Å². The Labute approximate surface area is 106 Å². The molecule has 0 radical (unpaired) electrons. The molecule has 4 nitrogen and oxygen atoms in total. The number of fused-ring (bicyclic) bond motifs is 1. The minimum Gasteiger partial charge on any atom is -0.381 e. The van der Waals surface area contributed by atoms with Crippen LogP contribution in [0, 0.1) is 0 Å². The maximum Gasteiger partial charge on any atom is 0.251 e. The van der Waals surface area contributed by atoms with E-state index in [9.17, 15) is 9.90 Å². The van der Waals surface area contributed by atoms with Crippen LogP contribution in [0.5, 0.6) is 0 Å². The fourth-order valence-electron chi connectivity index (χ4n) is 1.70. The van der Waals surface area contributed by atoms with Crippen LogP contribution in [0.3, 0.4) is 0 Å². The Morgan fingerprint density at radius 1 is 1.33 bits per heavy atom. The molecule has 2 rings (SSSR count). The lowest BCUT2D eigenvalue weighted by Crippen LogP contribution is -2.41. The summed E-state index contributed by atoms with van der Waals surface area (Å²) in [4.78, 5) is 15.9. The van der Waals surface area contributed by atoms with E-state index in [-0.39, 0.29) is 0 Å². The number of benzene rings is 1. The van der Waals surface area contributed by atoms with Crippen LogP contribution in [0.25, 0.3) is 10.9 Å². The first-order chi connectivity index (χ1) is 8.48. The van der Waals surface area contributed by atoms with Gasteiger partial charge < -0.3 is 10.4 Å². The number of rotatable bonds is 3. The second-order valence-electron chi connectivity index (χ2n) is 4.73. The normalized spacial score (nSPS) is 11.5. The summed E-state index contributed by atoms with van der Waals surface area (Å²) in [7, 11) is 0. The van der Waals surface area contributed by atoms with Gasteiger partial charge in [0.1, 0.15) is 5.60 Å². The van der Waals surface area contributed by atoms with Gasteiger partial charge in [0.15, 0.2) is 0 Å². The van der Waals surface area contributed by atoms with E-state index in [0.29, 0.717) is 6.54 Å². The van der Waals surface area contributed by atoms with Crippen molar-refractivity contribution in [2.24, 2.45) is 0 Å².